The van der Waals surface area contributed by atoms with Gasteiger partial charge in [-0.25, -0.2) is 0 Å². The summed E-state index contributed by atoms with van der Waals surface area (Å²) in [7, 11) is 0. The van der Waals surface area contributed by atoms with E-state index >= 15 is 0 Å². The molecule has 3 aromatic carbocycles. The smallest absolute Gasteiger partial charge is 0.172 e. The van der Waals surface area contributed by atoms with Crippen LogP contribution in [-0.2, 0) is 5.60 Å². The van der Waals surface area contributed by atoms with Gasteiger partial charge in [-0.1, -0.05) is 82.7 Å². The summed E-state index contributed by atoms with van der Waals surface area (Å²) < 4.78 is 1.06. The number of aliphatic imine (C=N–C) groups is 1. The van der Waals surface area contributed by atoms with Crippen LogP contribution in [0.15, 0.2) is 88.3 Å². The summed E-state index contributed by atoms with van der Waals surface area (Å²) in [6, 6.07) is 26.6. The second-order valence-corrected chi connectivity index (χ2v) is 7.93. The van der Waals surface area contributed by atoms with Gasteiger partial charge < -0.3 is 10.0 Å². The summed E-state index contributed by atoms with van der Waals surface area (Å²) in [6.45, 7) is 1.50. The number of hydrogen-bond acceptors (Lipinski definition) is 3. The fourth-order valence-electron chi connectivity index (χ4n) is 4.36. The Morgan fingerprint density at radius 1 is 0.926 bits per heavy atom. The molecule has 0 unspecified atom stereocenters. The van der Waals surface area contributed by atoms with E-state index in [9.17, 15) is 5.11 Å². The summed E-state index contributed by atoms with van der Waals surface area (Å²) >= 11 is 3.53. The summed E-state index contributed by atoms with van der Waals surface area (Å²) in [5.41, 5.74) is 2.89. The van der Waals surface area contributed by atoms with Gasteiger partial charge in [0, 0.05) is 16.6 Å². The summed E-state index contributed by atoms with van der Waals surface area (Å²) in [6.07, 6.45) is 0. The van der Waals surface area contributed by atoms with Crippen molar-refractivity contribution < 1.29 is 5.11 Å². The number of benzene rings is 3. The lowest BCUT2D eigenvalue weighted by molar-refractivity contribution is 0.124. The van der Waals surface area contributed by atoms with Gasteiger partial charge in [0.2, 0.25) is 0 Å². The van der Waals surface area contributed by atoms with Crippen molar-refractivity contribution >= 4 is 21.8 Å². The highest BCUT2D eigenvalue weighted by Crippen LogP contribution is 2.47. The third kappa shape index (κ3) is 2.47. The van der Waals surface area contributed by atoms with Crippen LogP contribution in [-0.4, -0.2) is 28.9 Å². The molecule has 0 aromatic heterocycles. The first-order valence-corrected chi connectivity index (χ1v) is 9.93. The van der Waals surface area contributed by atoms with E-state index < -0.39 is 5.60 Å². The fourth-order valence-corrected chi connectivity index (χ4v) is 4.62. The predicted octanol–water partition coefficient (Wildman–Crippen LogP) is 4.50. The number of hydrogen-bond donors (Lipinski definition) is 1. The largest absolute Gasteiger partial charge is 0.373 e. The lowest BCUT2D eigenvalue weighted by Gasteiger charge is -2.45. The van der Waals surface area contributed by atoms with Crippen molar-refractivity contribution in [2.45, 2.75) is 11.6 Å². The van der Waals surface area contributed by atoms with E-state index in [4.69, 9.17) is 4.99 Å². The first-order chi connectivity index (χ1) is 13.2. The van der Waals surface area contributed by atoms with Crippen molar-refractivity contribution in [1.29, 1.82) is 0 Å². The molecule has 3 aromatic rings. The molecule has 0 amide bonds. The van der Waals surface area contributed by atoms with Gasteiger partial charge in [-0.3, -0.25) is 4.99 Å². The molecule has 2 aliphatic heterocycles. The predicted molar refractivity (Wildman–Crippen MR) is 111 cm³/mol. The normalized spacial score (nSPS) is 23.6. The Morgan fingerprint density at radius 3 is 2.41 bits per heavy atom. The first kappa shape index (κ1) is 16.7. The zero-order valence-corrected chi connectivity index (χ0v) is 16.3. The molecule has 0 radical (unpaired) electrons. The molecule has 5 rings (SSSR count). The average molecular weight is 419 g/mol. The molecular formula is C23H19BrN2O. The molecule has 2 heterocycles. The first-order valence-electron chi connectivity index (χ1n) is 9.14. The number of fused-ring (bicyclic) bond motifs is 2. The van der Waals surface area contributed by atoms with Gasteiger partial charge in [0.05, 0.1) is 12.6 Å². The van der Waals surface area contributed by atoms with Crippen LogP contribution < -0.4 is 0 Å². The van der Waals surface area contributed by atoms with Crippen LogP contribution >= 0.6 is 15.9 Å². The minimum absolute atomic E-state index is 0.0551. The van der Waals surface area contributed by atoms with Crippen molar-refractivity contribution in [1.82, 2.24) is 4.90 Å². The second-order valence-electron chi connectivity index (χ2n) is 7.02. The molecule has 134 valence electrons. The number of halogens is 1. The Labute approximate surface area is 167 Å². The van der Waals surface area contributed by atoms with Gasteiger partial charge in [-0.15, -0.1) is 0 Å². The third-order valence-corrected chi connectivity index (χ3v) is 6.06. The molecule has 0 fully saturated rings. The Bertz CT molecular complexity index is 1020. The van der Waals surface area contributed by atoms with Gasteiger partial charge in [0.25, 0.3) is 0 Å². The zero-order valence-electron chi connectivity index (χ0n) is 14.7. The van der Waals surface area contributed by atoms with E-state index in [0.29, 0.717) is 6.54 Å². The summed E-state index contributed by atoms with van der Waals surface area (Å²) in [5.74, 6) is 0.750. The molecule has 27 heavy (non-hydrogen) atoms. The molecule has 0 bridgehead atoms. The molecule has 2 atom stereocenters. The molecule has 0 aliphatic carbocycles. The van der Waals surface area contributed by atoms with Crippen molar-refractivity contribution in [3.63, 3.8) is 0 Å². The lowest BCUT2D eigenvalue weighted by atomic mass is 9.75. The molecule has 1 N–H and O–H groups in total. The van der Waals surface area contributed by atoms with Crippen LogP contribution in [0, 0.1) is 0 Å². The highest BCUT2D eigenvalue weighted by molar-refractivity contribution is 9.10. The quantitative estimate of drug-likeness (QED) is 0.664. The van der Waals surface area contributed by atoms with E-state index in [2.05, 4.69) is 51.2 Å². The van der Waals surface area contributed by atoms with E-state index in [0.717, 1.165) is 33.5 Å². The van der Waals surface area contributed by atoms with Gasteiger partial charge >= 0.3 is 0 Å². The fraction of sp³-hybridized carbons (Fsp3) is 0.174. The molecular weight excluding hydrogens is 400 g/mol. The Kier molecular flexibility index (Phi) is 3.92. The summed E-state index contributed by atoms with van der Waals surface area (Å²) in [5, 5.41) is 12.0. The van der Waals surface area contributed by atoms with Crippen LogP contribution in [0.4, 0.5) is 0 Å². The molecule has 0 saturated heterocycles. The molecule has 0 saturated carbocycles. The number of aliphatic hydroxyl groups is 1. The van der Waals surface area contributed by atoms with Crippen LogP contribution in [0.1, 0.15) is 28.3 Å². The zero-order chi connectivity index (χ0) is 18.4. The number of rotatable bonds is 2. The minimum atomic E-state index is -1.22. The van der Waals surface area contributed by atoms with Gasteiger partial charge in [-0.05, 0) is 28.8 Å². The Hall–Kier alpha value is -2.43. The van der Waals surface area contributed by atoms with E-state index in [1.165, 1.54) is 5.56 Å². The van der Waals surface area contributed by atoms with Gasteiger partial charge in [0.15, 0.2) is 5.60 Å². The van der Waals surface area contributed by atoms with Crippen molar-refractivity contribution in [2.75, 3.05) is 13.1 Å². The van der Waals surface area contributed by atoms with E-state index in [1.54, 1.807) is 0 Å². The van der Waals surface area contributed by atoms with Crippen LogP contribution in [0.3, 0.4) is 0 Å². The second kappa shape index (κ2) is 6.32. The van der Waals surface area contributed by atoms with Crippen LogP contribution in [0.2, 0.25) is 0 Å². The highest BCUT2D eigenvalue weighted by atomic mass is 79.9. The maximum atomic E-state index is 12.0. The van der Waals surface area contributed by atoms with Gasteiger partial charge in [-0.2, -0.15) is 0 Å². The van der Waals surface area contributed by atoms with E-state index in [1.807, 2.05) is 48.5 Å². The van der Waals surface area contributed by atoms with Gasteiger partial charge in [0.1, 0.15) is 5.84 Å². The monoisotopic (exact) mass is 418 g/mol. The number of amidine groups is 1. The van der Waals surface area contributed by atoms with Crippen LogP contribution in [0.5, 0.6) is 0 Å². The minimum Gasteiger partial charge on any atom is -0.373 e. The van der Waals surface area contributed by atoms with Crippen molar-refractivity contribution in [3.8, 4) is 0 Å². The molecule has 3 nitrogen and oxygen atoms in total. The topological polar surface area (TPSA) is 35.8 Å². The maximum absolute atomic E-state index is 12.0. The van der Waals surface area contributed by atoms with E-state index in [-0.39, 0.29) is 6.04 Å². The van der Waals surface area contributed by atoms with Crippen molar-refractivity contribution in [2.24, 2.45) is 4.99 Å². The van der Waals surface area contributed by atoms with Crippen LogP contribution in [0.25, 0.3) is 0 Å². The summed E-state index contributed by atoms with van der Waals surface area (Å²) in [4.78, 5) is 7.03. The Morgan fingerprint density at radius 2 is 1.63 bits per heavy atom. The average Bonchev–Trinajstić information content (AvgIpc) is 3.20. The van der Waals surface area contributed by atoms with Crippen molar-refractivity contribution in [3.05, 3.63) is 106 Å². The molecule has 0 spiro atoms. The standard InChI is InChI=1S/C23H19BrN2O/c24-18-12-10-16(11-13-18)21-19-8-4-5-9-20(19)23(27,17-6-2-1-3-7-17)22-25-14-15-26(21)22/h1-13,21,27H,14-15H2/t21-,23+/m1/s1. The Balaban J connectivity index is 1.77. The maximum Gasteiger partial charge on any atom is 0.172 e. The molecule has 2 aliphatic rings. The third-order valence-electron chi connectivity index (χ3n) is 5.53. The molecule has 4 heteroatoms. The number of nitrogens with zero attached hydrogens (tertiary/aromatic N) is 2. The lowest BCUT2D eigenvalue weighted by Crippen LogP contribution is -2.52. The highest BCUT2D eigenvalue weighted by Gasteiger charge is 2.50. The SMILES string of the molecule is O[C@]1(c2ccccc2)C2=NCCN2[C@H](c2ccc(Br)cc2)c2ccccc21.